The van der Waals surface area contributed by atoms with Gasteiger partial charge < -0.3 is 10.7 Å². The van der Waals surface area contributed by atoms with Crippen LogP contribution in [0.5, 0.6) is 0 Å². The third-order valence-electron chi connectivity index (χ3n) is 2.73. The molecule has 0 radical (unpaired) electrons. The first-order chi connectivity index (χ1) is 8.69. The van der Waals surface area contributed by atoms with E-state index in [0.717, 1.165) is 28.0 Å². The number of aromatic amines is 1. The quantitative estimate of drug-likeness (QED) is 0.749. The molecule has 0 aliphatic heterocycles. The molecule has 2 aromatic heterocycles. The van der Waals surface area contributed by atoms with Crippen LogP contribution in [0.15, 0.2) is 24.3 Å². The summed E-state index contributed by atoms with van der Waals surface area (Å²) in [7, 11) is 0. The van der Waals surface area contributed by atoms with Crippen LogP contribution in [0.1, 0.15) is 5.56 Å². The van der Waals surface area contributed by atoms with Gasteiger partial charge in [-0.3, -0.25) is 0 Å². The van der Waals surface area contributed by atoms with E-state index in [1.54, 1.807) is 0 Å². The molecule has 0 saturated carbocycles. The number of halogens is 2. The number of H-pyrrole nitrogens is 1. The van der Waals surface area contributed by atoms with Gasteiger partial charge in [-0.15, -0.1) is 11.3 Å². The predicted molar refractivity (Wildman–Crippen MR) is 77.3 cm³/mol. The van der Waals surface area contributed by atoms with Crippen molar-refractivity contribution in [2.24, 2.45) is 5.73 Å². The maximum Gasteiger partial charge on any atom is 0.140 e. The van der Waals surface area contributed by atoms with Gasteiger partial charge in [-0.25, -0.2) is 4.98 Å². The lowest BCUT2D eigenvalue weighted by atomic mass is 10.2. The van der Waals surface area contributed by atoms with E-state index >= 15 is 0 Å². The minimum absolute atomic E-state index is 0.458. The number of para-hydroxylation sites is 1. The molecule has 0 fully saturated rings. The Morgan fingerprint density at radius 1 is 1.33 bits per heavy atom. The maximum absolute atomic E-state index is 6.13. The zero-order chi connectivity index (χ0) is 12.7. The van der Waals surface area contributed by atoms with Crippen molar-refractivity contribution in [1.82, 2.24) is 9.97 Å². The third-order valence-corrected chi connectivity index (χ3v) is 4.22. The molecule has 0 atom stereocenters. The summed E-state index contributed by atoms with van der Waals surface area (Å²) >= 11 is 13.4. The summed E-state index contributed by atoms with van der Waals surface area (Å²) in [5, 5.41) is 0. The number of hydrogen-bond donors (Lipinski definition) is 2. The Hall–Kier alpha value is -1.07. The Kier molecular flexibility index (Phi) is 3.03. The number of nitrogens with one attached hydrogen (secondary N) is 1. The van der Waals surface area contributed by atoms with Gasteiger partial charge in [0.05, 0.1) is 15.4 Å². The number of aromatic nitrogens is 2. The molecule has 0 aliphatic carbocycles. The van der Waals surface area contributed by atoms with Crippen LogP contribution in [0.3, 0.4) is 0 Å². The molecule has 3 N–H and O–H groups in total. The van der Waals surface area contributed by atoms with Crippen molar-refractivity contribution in [3.63, 3.8) is 0 Å². The van der Waals surface area contributed by atoms with E-state index < -0.39 is 0 Å². The molecular weight excluding hydrogens is 289 g/mol. The van der Waals surface area contributed by atoms with Gasteiger partial charge in [0.1, 0.15) is 10.2 Å². The first-order valence-electron chi connectivity index (χ1n) is 5.32. The van der Waals surface area contributed by atoms with Crippen LogP contribution in [-0.2, 0) is 6.54 Å². The molecule has 18 heavy (non-hydrogen) atoms. The van der Waals surface area contributed by atoms with E-state index in [1.165, 1.54) is 11.3 Å². The molecule has 92 valence electrons. The Balaban J connectivity index is 2.22. The summed E-state index contributed by atoms with van der Waals surface area (Å²) in [5.74, 6) is 0.721. The van der Waals surface area contributed by atoms with Gasteiger partial charge >= 0.3 is 0 Å². The van der Waals surface area contributed by atoms with Crippen LogP contribution in [0, 0.1) is 0 Å². The fourth-order valence-electron chi connectivity index (χ4n) is 1.89. The average molecular weight is 298 g/mol. The fourth-order valence-corrected chi connectivity index (χ4v) is 3.35. The van der Waals surface area contributed by atoms with E-state index in [0.29, 0.717) is 15.2 Å². The van der Waals surface area contributed by atoms with Crippen LogP contribution in [0.25, 0.3) is 22.4 Å². The topological polar surface area (TPSA) is 54.7 Å². The molecule has 3 nitrogen and oxygen atoms in total. The monoisotopic (exact) mass is 297 g/mol. The van der Waals surface area contributed by atoms with E-state index in [1.807, 2.05) is 24.3 Å². The van der Waals surface area contributed by atoms with E-state index in [2.05, 4.69) is 9.97 Å². The number of thiophene rings is 1. The minimum atomic E-state index is 0.458. The molecule has 3 rings (SSSR count). The van der Waals surface area contributed by atoms with Crippen LogP contribution in [0.4, 0.5) is 0 Å². The van der Waals surface area contributed by atoms with Crippen LogP contribution in [-0.4, -0.2) is 9.97 Å². The smallest absolute Gasteiger partial charge is 0.140 e. The Labute approximate surface area is 118 Å². The molecular formula is C12H9Cl2N3S. The molecule has 0 aliphatic rings. The molecule has 0 bridgehead atoms. The van der Waals surface area contributed by atoms with Crippen molar-refractivity contribution in [2.75, 3.05) is 0 Å². The van der Waals surface area contributed by atoms with Gasteiger partial charge in [-0.2, -0.15) is 0 Å². The highest BCUT2D eigenvalue weighted by atomic mass is 35.5. The van der Waals surface area contributed by atoms with Gasteiger partial charge in [-0.1, -0.05) is 35.3 Å². The van der Waals surface area contributed by atoms with E-state index in [4.69, 9.17) is 28.9 Å². The first kappa shape index (κ1) is 12.0. The van der Waals surface area contributed by atoms with Gasteiger partial charge in [-0.05, 0) is 17.7 Å². The van der Waals surface area contributed by atoms with Crippen molar-refractivity contribution in [3.05, 3.63) is 38.5 Å². The van der Waals surface area contributed by atoms with E-state index in [-0.39, 0.29) is 0 Å². The normalized spacial score (nSPS) is 11.3. The second kappa shape index (κ2) is 4.55. The average Bonchev–Trinajstić information content (AvgIpc) is 2.91. The Morgan fingerprint density at radius 3 is 2.83 bits per heavy atom. The number of nitrogens with zero attached hydrogens (tertiary/aromatic N) is 1. The molecule has 3 aromatic rings. The number of benzene rings is 1. The van der Waals surface area contributed by atoms with Crippen molar-refractivity contribution in [1.29, 1.82) is 0 Å². The number of nitrogens with two attached hydrogens (primary N) is 1. The van der Waals surface area contributed by atoms with Crippen LogP contribution in [0.2, 0.25) is 8.67 Å². The molecule has 2 heterocycles. The largest absolute Gasteiger partial charge is 0.338 e. The summed E-state index contributed by atoms with van der Waals surface area (Å²) < 4.78 is 1.28. The maximum atomic E-state index is 6.13. The van der Waals surface area contributed by atoms with Crippen molar-refractivity contribution in [2.45, 2.75) is 6.54 Å². The van der Waals surface area contributed by atoms with E-state index in [9.17, 15) is 0 Å². The van der Waals surface area contributed by atoms with Gasteiger partial charge in [0.2, 0.25) is 0 Å². The summed E-state index contributed by atoms with van der Waals surface area (Å²) in [4.78, 5) is 7.79. The van der Waals surface area contributed by atoms with Crippen molar-refractivity contribution >= 4 is 45.6 Å². The number of rotatable bonds is 2. The van der Waals surface area contributed by atoms with Crippen molar-refractivity contribution in [3.8, 4) is 11.4 Å². The molecule has 0 saturated heterocycles. The number of hydrogen-bond acceptors (Lipinski definition) is 3. The van der Waals surface area contributed by atoms with Gasteiger partial charge in [0, 0.05) is 12.1 Å². The summed E-state index contributed by atoms with van der Waals surface area (Å²) in [6, 6.07) is 7.70. The van der Waals surface area contributed by atoms with Gasteiger partial charge in [0.15, 0.2) is 0 Å². The lowest BCUT2D eigenvalue weighted by Crippen LogP contribution is -1.96. The second-order valence-electron chi connectivity index (χ2n) is 3.84. The van der Waals surface area contributed by atoms with Crippen LogP contribution < -0.4 is 5.73 Å². The highest BCUT2D eigenvalue weighted by Crippen LogP contribution is 2.37. The SMILES string of the molecule is NCc1cccc2[nH]c(-c3cc(Cl)sc3Cl)nc12. The zero-order valence-corrected chi connectivity index (χ0v) is 11.5. The Bertz CT molecular complexity index is 717. The molecule has 6 heteroatoms. The third kappa shape index (κ3) is 1.91. The van der Waals surface area contributed by atoms with Gasteiger partial charge in [0.25, 0.3) is 0 Å². The molecule has 1 aromatic carbocycles. The Morgan fingerprint density at radius 2 is 2.17 bits per heavy atom. The number of imidazole rings is 1. The fraction of sp³-hybridized carbons (Fsp3) is 0.0833. The zero-order valence-electron chi connectivity index (χ0n) is 9.21. The highest BCUT2D eigenvalue weighted by molar-refractivity contribution is 7.20. The summed E-state index contributed by atoms with van der Waals surface area (Å²) in [5.41, 5.74) is 9.36. The lowest BCUT2D eigenvalue weighted by Gasteiger charge is -1.95. The highest BCUT2D eigenvalue weighted by Gasteiger charge is 2.13. The lowest BCUT2D eigenvalue weighted by molar-refractivity contribution is 1.08. The second-order valence-corrected chi connectivity index (χ2v) is 6.13. The minimum Gasteiger partial charge on any atom is -0.338 e. The molecule has 0 amide bonds. The number of fused-ring (bicyclic) bond motifs is 1. The first-order valence-corrected chi connectivity index (χ1v) is 6.89. The summed E-state index contributed by atoms with van der Waals surface area (Å²) in [6.45, 7) is 0.458. The predicted octanol–water partition coefficient (Wildman–Crippen LogP) is 4.06. The van der Waals surface area contributed by atoms with Crippen molar-refractivity contribution < 1.29 is 0 Å². The standard InChI is InChI=1S/C12H9Cl2N3S/c13-9-4-7(11(14)18-9)12-16-8-3-1-2-6(5-15)10(8)17-12/h1-4H,5,15H2,(H,16,17). The molecule has 0 unspecified atom stereocenters. The summed E-state index contributed by atoms with van der Waals surface area (Å²) in [6.07, 6.45) is 0. The van der Waals surface area contributed by atoms with Crippen LogP contribution >= 0.6 is 34.5 Å². The molecule has 0 spiro atoms.